The second-order valence-corrected chi connectivity index (χ2v) is 7.01. The van der Waals surface area contributed by atoms with Crippen LogP contribution in [0.5, 0.6) is 5.75 Å². The largest absolute Gasteiger partial charge is 0.496 e. The monoisotopic (exact) mass is 457 g/mol. The van der Waals surface area contributed by atoms with E-state index >= 15 is 0 Å². The Balaban J connectivity index is 1.70. The van der Waals surface area contributed by atoms with Crippen LogP contribution in [0.4, 0.5) is 5.69 Å². The number of nitrogens with one attached hydrogen (secondary N) is 2. The molecule has 0 bridgehead atoms. The van der Waals surface area contributed by atoms with Crippen molar-refractivity contribution < 1.29 is 19.2 Å². The third kappa shape index (κ3) is 4.69. The van der Waals surface area contributed by atoms with Crippen LogP contribution >= 0.6 is 15.9 Å². The summed E-state index contributed by atoms with van der Waals surface area (Å²) in [6.07, 6.45) is -0.0112. The third-order valence-corrected chi connectivity index (χ3v) is 4.76. The number of nitrogens with zero attached hydrogens (tertiary/aromatic N) is 1. The second-order valence-electron chi connectivity index (χ2n) is 6.09. The van der Waals surface area contributed by atoms with Crippen molar-refractivity contribution in [3.8, 4) is 5.75 Å². The molecule has 29 heavy (non-hydrogen) atoms. The minimum absolute atomic E-state index is 0.0112. The lowest BCUT2D eigenvalue weighted by atomic mass is 10.0. The third-order valence-electron chi connectivity index (χ3n) is 4.26. The van der Waals surface area contributed by atoms with Crippen molar-refractivity contribution >= 4 is 44.2 Å². The van der Waals surface area contributed by atoms with Crippen molar-refractivity contribution in [1.82, 2.24) is 10.9 Å². The van der Waals surface area contributed by atoms with Gasteiger partial charge in [0.15, 0.2) is 0 Å². The van der Waals surface area contributed by atoms with Crippen LogP contribution in [0, 0.1) is 10.1 Å². The molecule has 3 aromatic rings. The Morgan fingerprint density at radius 3 is 2.45 bits per heavy atom. The summed E-state index contributed by atoms with van der Waals surface area (Å²) >= 11 is 3.42. The number of hydrazine groups is 1. The zero-order valence-corrected chi connectivity index (χ0v) is 16.9. The summed E-state index contributed by atoms with van der Waals surface area (Å²) in [6, 6.07) is 14.4. The van der Waals surface area contributed by atoms with Crippen molar-refractivity contribution in [3.05, 3.63) is 80.3 Å². The molecule has 8 nitrogen and oxygen atoms in total. The summed E-state index contributed by atoms with van der Waals surface area (Å²) in [5.74, 6) is -0.451. The normalized spacial score (nSPS) is 10.4. The highest BCUT2D eigenvalue weighted by molar-refractivity contribution is 9.10. The first-order valence-corrected chi connectivity index (χ1v) is 9.27. The lowest BCUT2D eigenvalue weighted by molar-refractivity contribution is -0.384. The van der Waals surface area contributed by atoms with Crippen LogP contribution in [0.2, 0.25) is 0 Å². The number of fused-ring (bicyclic) bond motifs is 1. The molecule has 3 rings (SSSR count). The summed E-state index contributed by atoms with van der Waals surface area (Å²) < 4.78 is 6.29. The highest BCUT2D eigenvalue weighted by Gasteiger charge is 2.15. The van der Waals surface area contributed by atoms with Gasteiger partial charge in [-0.05, 0) is 41.1 Å². The number of rotatable bonds is 5. The average molecular weight is 458 g/mol. The molecule has 2 N–H and O–H groups in total. The Kier molecular flexibility index (Phi) is 6.08. The predicted octanol–water partition coefficient (Wildman–Crippen LogP) is 3.52. The van der Waals surface area contributed by atoms with E-state index in [9.17, 15) is 19.7 Å². The molecule has 2 amide bonds. The van der Waals surface area contributed by atoms with Gasteiger partial charge in [-0.3, -0.25) is 30.6 Å². The van der Waals surface area contributed by atoms with Gasteiger partial charge in [-0.2, -0.15) is 0 Å². The number of amides is 2. The van der Waals surface area contributed by atoms with Gasteiger partial charge in [0, 0.05) is 27.7 Å². The number of nitro groups is 1. The zero-order chi connectivity index (χ0) is 21.0. The molecule has 9 heteroatoms. The molecule has 0 saturated heterocycles. The maximum absolute atomic E-state index is 12.4. The fraction of sp³-hybridized carbons (Fsp3) is 0.100. The van der Waals surface area contributed by atoms with Gasteiger partial charge in [0.1, 0.15) is 5.75 Å². The molecule has 0 fully saturated rings. The summed E-state index contributed by atoms with van der Waals surface area (Å²) in [6.45, 7) is 0. The SMILES string of the molecule is COc1ccc2cc(Br)ccc2c1CC(=O)NNC(=O)c1ccc([N+](=O)[O-])cc1. The minimum atomic E-state index is -0.581. The van der Waals surface area contributed by atoms with E-state index in [0.717, 1.165) is 15.2 Å². The van der Waals surface area contributed by atoms with Gasteiger partial charge in [-0.15, -0.1) is 0 Å². The number of hydrogen-bond acceptors (Lipinski definition) is 5. The van der Waals surface area contributed by atoms with Crippen LogP contribution in [0.3, 0.4) is 0 Å². The number of hydrogen-bond donors (Lipinski definition) is 2. The first kappa shape index (κ1) is 20.3. The molecular weight excluding hydrogens is 442 g/mol. The number of carbonyl (C=O) groups is 2. The van der Waals surface area contributed by atoms with Crippen LogP contribution in [-0.4, -0.2) is 23.8 Å². The summed E-state index contributed by atoms with van der Waals surface area (Å²) in [5, 5.41) is 12.5. The van der Waals surface area contributed by atoms with Gasteiger partial charge in [0.2, 0.25) is 5.91 Å². The Morgan fingerprint density at radius 1 is 1.07 bits per heavy atom. The molecule has 0 radical (unpaired) electrons. The number of methoxy groups -OCH3 is 1. The molecule has 0 heterocycles. The molecule has 0 aliphatic rings. The van der Waals surface area contributed by atoms with E-state index in [-0.39, 0.29) is 17.7 Å². The van der Waals surface area contributed by atoms with Crippen LogP contribution < -0.4 is 15.6 Å². The van der Waals surface area contributed by atoms with Crippen LogP contribution in [0.25, 0.3) is 10.8 Å². The van der Waals surface area contributed by atoms with Crippen molar-refractivity contribution in [2.75, 3.05) is 7.11 Å². The van der Waals surface area contributed by atoms with E-state index in [4.69, 9.17) is 4.74 Å². The molecule has 0 saturated carbocycles. The average Bonchev–Trinajstić information content (AvgIpc) is 2.72. The molecule has 148 valence electrons. The molecule has 0 aliphatic carbocycles. The van der Waals surface area contributed by atoms with E-state index in [1.165, 1.54) is 31.4 Å². The van der Waals surface area contributed by atoms with Crippen molar-refractivity contribution in [1.29, 1.82) is 0 Å². The number of halogens is 1. The first-order chi connectivity index (χ1) is 13.9. The standard InChI is InChI=1S/C20H16BrN3O5/c1-29-18-9-4-13-10-14(21)5-8-16(13)17(18)11-19(25)22-23-20(26)12-2-6-15(7-3-12)24(27)28/h2-10H,11H2,1H3,(H,22,25)(H,23,26). The zero-order valence-electron chi connectivity index (χ0n) is 15.3. The molecule has 0 aromatic heterocycles. The summed E-state index contributed by atoms with van der Waals surface area (Å²) in [4.78, 5) is 34.6. The molecular formula is C20H16BrN3O5. The van der Waals surface area contributed by atoms with E-state index in [2.05, 4.69) is 26.8 Å². The number of ether oxygens (including phenoxy) is 1. The van der Waals surface area contributed by atoms with E-state index in [1.54, 1.807) is 6.07 Å². The first-order valence-electron chi connectivity index (χ1n) is 8.48. The Hall–Kier alpha value is -3.46. The number of carbonyl (C=O) groups excluding carboxylic acids is 2. The number of nitro benzene ring substituents is 1. The molecule has 0 atom stereocenters. The highest BCUT2D eigenvalue weighted by Crippen LogP contribution is 2.30. The van der Waals surface area contributed by atoms with E-state index in [1.807, 2.05) is 24.3 Å². The van der Waals surface area contributed by atoms with Crippen molar-refractivity contribution in [2.45, 2.75) is 6.42 Å². The lowest BCUT2D eigenvalue weighted by Crippen LogP contribution is -2.42. The van der Waals surface area contributed by atoms with Gasteiger partial charge in [0.05, 0.1) is 18.5 Å². The van der Waals surface area contributed by atoms with Crippen molar-refractivity contribution in [2.24, 2.45) is 0 Å². The van der Waals surface area contributed by atoms with Crippen LogP contribution in [-0.2, 0) is 11.2 Å². The predicted molar refractivity (Wildman–Crippen MR) is 111 cm³/mol. The fourth-order valence-corrected chi connectivity index (χ4v) is 3.24. The lowest BCUT2D eigenvalue weighted by Gasteiger charge is -2.13. The van der Waals surface area contributed by atoms with Gasteiger partial charge < -0.3 is 4.74 Å². The summed E-state index contributed by atoms with van der Waals surface area (Å²) in [5.41, 5.74) is 5.42. The molecule has 0 aliphatic heterocycles. The van der Waals surface area contributed by atoms with Crippen molar-refractivity contribution in [3.63, 3.8) is 0 Å². The topological polar surface area (TPSA) is 111 Å². The maximum atomic E-state index is 12.4. The highest BCUT2D eigenvalue weighted by atomic mass is 79.9. The number of benzene rings is 3. The quantitative estimate of drug-likeness (QED) is 0.449. The maximum Gasteiger partial charge on any atom is 0.269 e. The number of non-ortho nitro benzene ring substituents is 1. The minimum Gasteiger partial charge on any atom is -0.496 e. The second kappa shape index (κ2) is 8.70. The van der Waals surface area contributed by atoms with Crippen LogP contribution in [0.15, 0.2) is 59.1 Å². The van der Waals surface area contributed by atoms with Gasteiger partial charge in [0.25, 0.3) is 11.6 Å². The van der Waals surface area contributed by atoms with Crippen LogP contribution in [0.1, 0.15) is 15.9 Å². The molecule has 3 aromatic carbocycles. The van der Waals surface area contributed by atoms with Gasteiger partial charge in [-0.25, -0.2) is 0 Å². The Labute approximate surface area is 174 Å². The van der Waals surface area contributed by atoms with E-state index in [0.29, 0.717) is 11.3 Å². The molecule has 0 spiro atoms. The molecule has 0 unspecified atom stereocenters. The van der Waals surface area contributed by atoms with Gasteiger partial charge in [-0.1, -0.05) is 28.1 Å². The Morgan fingerprint density at radius 2 is 1.79 bits per heavy atom. The fourth-order valence-electron chi connectivity index (χ4n) is 2.86. The Bertz CT molecular complexity index is 1100. The summed E-state index contributed by atoms with van der Waals surface area (Å²) in [7, 11) is 1.53. The smallest absolute Gasteiger partial charge is 0.269 e. The van der Waals surface area contributed by atoms with E-state index < -0.39 is 16.7 Å². The van der Waals surface area contributed by atoms with Gasteiger partial charge >= 0.3 is 0 Å².